The van der Waals surface area contributed by atoms with Gasteiger partial charge in [-0.3, -0.25) is 0 Å². The molecule has 0 aromatic carbocycles. The van der Waals surface area contributed by atoms with E-state index in [1.165, 1.54) is 4.88 Å². The van der Waals surface area contributed by atoms with Gasteiger partial charge in [0.05, 0.1) is 0 Å². The largest absolute Gasteiger partial charge is 0.171 e. The van der Waals surface area contributed by atoms with Crippen LogP contribution < -0.4 is 0 Å². The molecule has 1 rings (SSSR count). The summed E-state index contributed by atoms with van der Waals surface area (Å²) in [7, 11) is 0. The van der Waals surface area contributed by atoms with E-state index in [0.29, 0.717) is 5.25 Å². The quantitative estimate of drug-likeness (QED) is 0.692. The number of rotatable bonds is 1. The van der Waals surface area contributed by atoms with Crippen LogP contribution in [0.1, 0.15) is 17.1 Å². The van der Waals surface area contributed by atoms with Crippen LogP contribution in [0.4, 0.5) is 0 Å². The third-order valence-electron chi connectivity index (χ3n) is 0.999. The molecular formula is C6H7BrS2. The SMILES string of the molecule is CC(S)c1cc(Br)cs1. The fourth-order valence-electron chi connectivity index (χ4n) is 0.547. The Kier molecular flexibility index (Phi) is 2.61. The van der Waals surface area contributed by atoms with E-state index >= 15 is 0 Å². The van der Waals surface area contributed by atoms with Crippen LogP contribution >= 0.6 is 39.9 Å². The number of thiol groups is 1. The Morgan fingerprint density at radius 3 is 2.67 bits per heavy atom. The molecule has 50 valence electrons. The summed E-state index contributed by atoms with van der Waals surface area (Å²) in [4.78, 5) is 1.31. The fraction of sp³-hybridized carbons (Fsp3) is 0.333. The first-order chi connectivity index (χ1) is 4.20. The van der Waals surface area contributed by atoms with Gasteiger partial charge in [0.15, 0.2) is 0 Å². The molecule has 1 unspecified atom stereocenters. The predicted molar refractivity (Wildman–Crippen MR) is 49.4 cm³/mol. The van der Waals surface area contributed by atoms with Crippen LogP contribution in [-0.4, -0.2) is 0 Å². The molecule has 3 heteroatoms. The minimum atomic E-state index is 0.362. The zero-order chi connectivity index (χ0) is 6.85. The molecule has 1 aromatic heterocycles. The van der Waals surface area contributed by atoms with Crippen molar-refractivity contribution >= 4 is 39.9 Å². The Balaban J connectivity index is 2.85. The molecule has 0 saturated heterocycles. The first-order valence-corrected chi connectivity index (χ1v) is 4.81. The van der Waals surface area contributed by atoms with Crippen LogP contribution in [0, 0.1) is 0 Å². The third kappa shape index (κ3) is 1.99. The molecule has 0 nitrogen and oxygen atoms in total. The van der Waals surface area contributed by atoms with E-state index in [4.69, 9.17) is 0 Å². The van der Waals surface area contributed by atoms with Gasteiger partial charge in [0.1, 0.15) is 0 Å². The minimum absolute atomic E-state index is 0.362. The highest BCUT2D eigenvalue weighted by atomic mass is 79.9. The monoisotopic (exact) mass is 222 g/mol. The molecule has 0 aliphatic rings. The lowest BCUT2D eigenvalue weighted by Gasteiger charge is -1.95. The van der Waals surface area contributed by atoms with Gasteiger partial charge in [0, 0.05) is 20.0 Å². The standard InChI is InChI=1S/C6H7BrS2/c1-4(8)6-2-5(7)3-9-6/h2-4,8H,1H3. The van der Waals surface area contributed by atoms with Crippen LogP contribution in [0.2, 0.25) is 0 Å². The fourth-order valence-corrected chi connectivity index (χ4v) is 2.19. The number of hydrogen-bond acceptors (Lipinski definition) is 2. The normalized spacial score (nSPS) is 13.7. The first-order valence-electron chi connectivity index (χ1n) is 2.62. The van der Waals surface area contributed by atoms with Gasteiger partial charge in [-0.15, -0.1) is 11.3 Å². The zero-order valence-corrected chi connectivity index (χ0v) is 8.26. The number of halogens is 1. The molecule has 1 atom stereocenters. The van der Waals surface area contributed by atoms with Crippen molar-refractivity contribution in [2.75, 3.05) is 0 Å². The van der Waals surface area contributed by atoms with Gasteiger partial charge in [-0.2, -0.15) is 12.6 Å². The molecule has 0 N–H and O–H groups in total. The molecule has 1 heterocycles. The Morgan fingerprint density at radius 2 is 2.44 bits per heavy atom. The van der Waals surface area contributed by atoms with Gasteiger partial charge in [-0.1, -0.05) is 0 Å². The van der Waals surface area contributed by atoms with Gasteiger partial charge >= 0.3 is 0 Å². The highest BCUT2D eigenvalue weighted by molar-refractivity contribution is 9.10. The lowest BCUT2D eigenvalue weighted by atomic mass is 10.4. The molecule has 1 aromatic rings. The van der Waals surface area contributed by atoms with E-state index < -0.39 is 0 Å². The topological polar surface area (TPSA) is 0 Å². The van der Waals surface area contributed by atoms with Crippen LogP contribution in [0.25, 0.3) is 0 Å². The summed E-state index contributed by atoms with van der Waals surface area (Å²) in [5, 5.41) is 2.43. The van der Waals surface area contributed by atoms with Crippen molar-refractivity contribution in [3.63, 3.8) is 0 Å². The minimum Gasteiger partial charge on any atom is -0.171 e. The second-order valence-corrected chi connectivity index (χ2v) is 4.48. The second-order valence-electron chi connectivity index (χ2n) is 1.84. The summed E-state index contributed by atoms with van der Waals surface area (Å²) in [6.45, 7) is 2.07. The maximum absolute atomic E-state index is 4.29. The van der Waals surface area contributed by atoms with Crippen molar-refractivity contribution in [3.05, 3.63) is 20.8 Å². The molecule has 0 aliphatic carbocycles. The summed E-state index contributed by atoms with van der Waals surface area (Å²) in [5.41, 5.74) is 0. The number of thiophene rings is 1. The molecule has 9 heavy (non-hydrogen) atoms. The van der Waals surface area contributed by atoms with Crippen molar-refractivity contribution in [1.82, 2.24) is 0 Å². The Hall–Kier alpha value is 0.530. The Morgan fingerprint density at radius 1 is 1.78 bits per heavy atom. The maximum atomic E-state index is 4.29. The molecule has 0 aliphatic heterocycles. The average Bonchev–Trinajstić information content (AvgIpc) is 2.14. The molecule has 0 radical (unpaired) electrons. The molecule has 0 bridgehead atoms. The van der Waals surface area contributed by atoms with Crippen molar-refractivity contribution in [1.29, 1.82) is 0 Å². The van der Waals surface area contributed by atoms with Crippen molar-refractivity contribution in [3.8, 4) is 0 Å². The van der Waals surface area contributed by atoms with Gasteiger partial charge in [0.2, 0.25) is 0 Å². The molecular weight excluding hydrogens is 216 g/mol. The summed E-state index contributed by atoms with van der Waals surface area (Å²) >= 11 is 9.40. The van der Waals surface area contributed by atoms with Gasteiger partial charge < -0.3 is 0 Å². The van der Waals surface area contributed by atoms with Crippen LogP contribution in [0.5, 0.6) is 0 Å². The average molecular weight is 223 g/mol. The molecule has 0 fully saturated rings. The smallest absolute Gasteiger partial charge is 0.0333 e. The van der Waals surface area contributed by atoms with Crippen molar-refractivity contribution in [2.24, 2.45) is 0 Å². The van der Waals surface area contributed by atoms with E-state index in [9.17, 15) is 0 Å². The highest BCUT2D eigenvalue weighted by Crippen LogP contribution is 2.28. The van der Waals surface area contributed by atoms with E-state index in [1.807, 2.05) is 0 Å². The van der Waals surface area contributed by atoms with Crippen molar-refractivity contribution < 1.29 is 0 Å². The Labute approximate surface area is 72.8 Å². The van der Waals surface area contributed by atoms with Crippen LogP contribution in [0.15, 0.2) is 15.9 Å². The Bertz CT molecular complexity index is 193. The van der Waals surface area contributed by atoms with Gasteiger partial charge in [-0.25, -0.2) is 0 Å². The van der Waals surface area contributed by atoms with E-state index in [2.05, 4.69) is 46.9 Å². The molecule has 0 saturated carbocycles. The van der Waals surface area contributed by atoms with E-state index in [0.717, 1.165) is 4.47 Å². The number of hydrogen-bond donors (Lipinski definition) is 1. The second kappa shape index (κ2) is 3.08. The van der Waals surface area contributed by atoms with E-state index in [1.54, 1.807) is 11.3 Å². The first kappa shape index (κ1) is 7.63. The summed E-state index contributed by atoms with van der Waals surface area (Å²) < 4.78 is 1.16. The molecule has 0 spiro atoms. The summed E-state index contributed by atoms with van der Waals surface area (Å²) in [5.74, 6) is 0. The lowest BCUT2D eigenvalue weighted by Crippen LogP contribution is -1.73. The lowest BCUT2D eigenvalue weighted by molar-refractivity contribution is 1.15. The van der Waals surface area contributed by atoms with Gasteiger partial charge in [-0.05, 0) is 28.9 Å². The third-order valence-corrected chi connectivity index (χ3v) is 3.33. The van der Waals surface area contributed by atoms with Gasteiger partial charge in [0.25, 0.3) is 0 Å². The highest BCUT2D eigenvalue weighted by Gasteiger charge is 2.00. The van der Waals surface area contributed by atoms with Crippen LogP contribution in [0.3, 0.4) is 0 Å². The molecule has 0 amide bonds. The summed E-state index contributed by atoms with van der Waals surface area (Å²) in [6, 6.07) is 2.10. The maximum Gasteiger partial charge on any atom is 0.0333 e. The van der Waals surface area contributed by atoms with Crippen LogP contribution in [-0.2, 0) is 0 Å². The zero-order valence-electron chi connectivity index (χ0n) is 4.97. The van der Waals surface area contributed by atoms with E-state index in [-0.39, 0.29) is 0 Å². The van der Waals surface area contributed by atoms with Crippen molar-refractivity contribution in [2.45, 2.75) is 12.2 Å². The summed E-state index contributed by atoms with van der Waals surface area (Å²) in [6.07, 6.45) is 0. The predicted octanol–water partition coefficient (Wildman–Crippen LogP) is 3.50.